The Bertz CT molecular complexity index is 1400. The van der Waals surface area contributed by atoms with Crippen LogP contribution in [0.2, 0.25) is 0 Å². The van der Waals surface area contributed by atoms with E-state index in [4.69, 9.17) is 14.7 Å². The van der Waals surface area contributed by atoms with Crippen LogP contribution in [0.15, 0.2) is 42.9 Å². The number of aromatic nitrogens is 4. The monoisotopic (exact) mass is 472 g/mol. The molecule has 5 rings (SSSR count). The molecule has 3 heterocycles. The summed E-state index contributed by atoms with van der Waals surface area (Å²) in [6.07, 6.45) is 8.15. The Morgan fingerprint density at radius 1 is 1.11 bits per heavy atom. The average Bonchev–Trinajstić information content (AvgIpc) is 3.41. The van der Waals surface area contributed by atoms with Crippen LogP contribution >= 0.6 is 0 Å². The Morgan fingerprint density at radius 2 is 1.91 bits per heavy atom. The van der Waals surface area contributed by atoms with E-state index in [2.05, 4.69) is 51.3 Å². The second-order valence-corrected chi connectivity index (χ2v) is 10.5. The number of ether oxygens (including phenoxy) is 1. The Balaban J connectivity index is 1.32. The van der Waals surface area contributed by atoms with Crippen molar-refractivity contribution in [2.45, 2.75) is 71.6 Å². The third-order valence-electron chi connectivity index (χ3n) is 6.31. The molecule has 8 nitrogen and oxygen atoms in total. The zero-order valence-electron chi connectivity index (χ0n) is 20.9. The largest absolute Gasteiger partial charge is 0.444 e. The molecular formula is C27H32N6O2. The summed E-state index contributed by atoms with van der Waals surface area (Å²) in [5.41, 5.74) is 5.62. The van der Waals surface area contributed by atoms with Crippen LogP contribution in [-0.2, 0) is 4.74 Å². The predicted octanol–water partition coefficient (Wildman–Crippen LogP) is 5.42. The number of imidazole rings is 1. The van der Waals surface area contributed by atoms with E-state index in [-0.39, 0.29) is 18.2 Å². The van der Waals surface area contributed by atoms with Gasteiger partial charge in [-0.3, -0.25) is 0 Å². The highest BCUT2D eigenvalue weighted by Gasteiger charge is 2.28. The minimum absolute atomic E-state index is 0.0836. The van der Waals surface area contributed by atoms with Crippen molar-refractivity contribution in [3.8, 4) is 11.1 Å². The number of anilines is 1. The average molecular weight is 473 g/mol. The first kappa shape index (κ1) is 23.1. The molecule has 0 radical (unpaired) electrons. The summed E-state index contributed by atoms with van der Waals surface area (Å²) in [7, 11) is 0. The summed E-state index contributed by atoms with van der Waals surface area (Å²) in [5.74, 6) is 0.622. The lowest BCUT2D eigenvalue weighted by Crippen LogP contribution is -2.38. The lowest BCUT2D eigenvalue weighted by molar-refractivity contribution is 0.0505. The first-order valence-corrected chi connectivity index (χ1v) is 12.1. The van der Waals surface area contributed by atoms with Crippen molar-refractivity contribution < 1.29 is 9.53 Å². The number of rotatable bonds is 4. The van der Waals surface area contributed by atoms with Crippen LogP contribution in [0.5, 0.6) is 0 Å². The molecule has 1 saturated carbocycles. The molecule has 1 fully saturated rings. The van der Waals surface area contributed by atoms with Gasteiger partial charge in [0.15, 0.2) is 0 Å². The second kappa shape index (κ2) is 8.83. The van der Waals surface area contributed by atoms with Gasteiger partial charge in [-0.25, -0.2) is 19.7 Å². The number of aryl methyl sites for hydroxylation is 2. The van der Waals surface area contributed by atoms with E-state index in [0.29, 0.717) is 5.95 Å². The fourth-order valence-electron chi connectivity index (χ4n) is 4.80. The molecule has 8 heteroatoms. The molecule has 1 aliphatic rings. The number of hydrogen-bond donors (Lipinski definition) is 2. The molecular weight excluding hydrogens is 440 g/mol. The molecule has 0 saturated heterocycles. The first-order chi connectivity index (χ1) is 16.6. The number of nitrogens with zero attached hydrogens (tertiary/aromatic N) is 4. The molecule has 0 spiro atoms. The lowest BCUT2D eigenvalue weighted by Gasteiger charge is -2.22. The summed E-state index contributed by atoms with van der Waals surface area (Å²) < 4.78 is 7.44. The molecule has 0 unspecified atom stereocenters. The Hall–Kier alpha value is -3.68. The smallest absolute Gasteiger partial charge is 0.407 e. The van der Waals surface area contributed by atoms with Crippen LogP contribution < -0.4 is 10.6 Å². The van der Waals surface area contributed by atoms with Crippen LogP contribution in [0, 0.1) is 13.8 Å². The van der Waals surface area contributed by atoms with Crippen molar-refractivity contribution in [2.24, 2.45) is 0 Å². The van der Waals surface area contributed by atoms with Crippen molar-refractivity contribution in [3.63, 3.8) is 0 Å². The van der Waals surface area contributed by atoms with Crippen molar-refractivity contribution in [1.29, 1.82) is 0 Å². The molecule has 2 N–H and O–H groups in total. The predicted molar refractivity (Wildman–Crippen MR) is 138 cm³/mol. The Kier molecular flexibility index (Phi) is 5.83. The van der Waals surface area contributed by atoms with Crippen LogP contribution in [0.4, 0.5) is 10.7 Å². The highest BCUT2D eigenvalue weighted by atomic mass is 16.6. The number of nitrogens with one attached hydrogen (secondary N) is 2. The maximum absolute atomic E-state index is 12.1. The van der Waals surface area contributed by atoms with Gasteiger partial charge < -0.3 is 19.8 Å². The normalized spacial score (nSPS) is 18.2. The fourth-order valence-corrected chi connectivity index (χ4v) is 4.80. The van der Waals surface area contributed by atoms with Crippen LogP contribution in [0.3, 0.4) is 0 Å². The maximum atomic E-state index is 12.1. The van der Waals surface area contributed by atoms with E-state index < -0.39 is 5.60 Å². The molecule has 182 valence electrons. The number of alkyl carbamates (subject to hydrolysis) is 1. The number of hydrogen-bond acceptors (Lipinski definition) is 6. The fraction of sp³-hybridized carbons (Fsp3) is 0.407. The first-order valence-electron chi connectivity index (χ1n) is 12.1. The second-order valence-electron chi connectivity index (χ2n) is 10.5. The molecule has 3 aromatic heterocycles. The third-order valence-corrected chi connectivity index (χ3v) is 6.31. The molecule has 2 atom stereocenters. The molecule has 0 bridgehead atoms. The molecule has 35 heavy (non-hydrogen) atoms. The number of pyridine rings is 1. The van der Waals surface area contributed by atoms with Gasteiger partial charge in [-0.1, -0.05) is 6.07 Å². The summed E-state index contributed by atoms with van der Waals surface area (Å²) in [5, 5.41) is 7.48. The minimum atomic E-state index is -0.499. The van der Waals surface area contributed by atoms with Crippen molar-refractivity contribution >= 4 is 28.6 Å². The van der Waals surface area contributed by atoms with Crippen LogP contribution in [-0.4, -0.2) is 43.1 Å². The molecule has 1 aliphatic carbocycles. The molecule has 1 amide bonds. The van der Waals surface area contributed by atoms with Crippen LogP contribution in [0.25, 0.3) is 27.7 Å². The minimum Gasteiger partial charge on any atom is -0.444 e. The summed E-state index contributed by atoms with van der Waals surface area (Å²) >= 11 is 0. The zero-order valence-corrected chi connectivity index (χ0v) is 20.9. The summed E-state index contributed by atoms with van der Waals surface area (Å²) in [4.78, 5) is 26.2. The highest BCUT2D eigenvalue weighted by Crippen LogP contribution is 2.30. The number of carbonyl (C=O) groups is 1. The topological polar surface area (TPSA) is 93.4 Å². The Morgan fingerprint density at radius 3 is 2.71 bits per heavy atom. The van der Waals surface area contributed by atoms with Gasteiger partial charge in [-0.05, 0) is 83.2 Å². The standard InChI is InChI=1S/C27H32N6O2/c1-16-12-22(24-28-10-11-33(24)15-16)18-6-9-23-21(13-18)17(2)29-25(32-23)30-19-7-8-20(14-19)31-26(34)35-27(3,4)5/h6,9-13,15,19-20H,7-8,14H2,1-5H3,(H,31,34)(H,29,30,32)/t19-,20+/m1/s1. The Labute approximate surface area is 205 Å². The van der Waals surface area contributed by atoms with Gasteiger partial charge >= 0.3 is 6.09 Å². The van der Waals surface area contributed by atoms with Gasteiger partial charge in [0.05, 0.1) is 11.2 Å². The van der Waals surface area contributed by atoms with Gasteiger partial charge in [0.1, 0.15) is 11.2 Å². The zero-order chi connectivity index (χ0) is 24.7. The van der Waals surface area contributed by atoms with E-state index in [9.17, 15) is 4.79 Å². The number of benzene rings is 1. The van der Waals surface area contributed by atoms with Gasteiger partial charge in [-0.2, -0.15) is 0 Å². The van der Waals surface area contributed by atoms with E-state index in [1.165, 1.54) is 5.56 Å². The lowest BCUT2D eigenvalue weighted by atomic mass is 10.0. The van der Waals surface area contributed by atoms with Gasteiger partial charge in [-0.15, -0.1) is 0 Å². The van der Waals surface area contributed by atoms with Crippen molar-refractivity contribution in [3.05, 3.63) is 54.1 Å². The van der Waals surface area contributed by atoms with Gasteiger partial charge in [0.25, 0.3) is 0 Å². The van der Waals surface area contributed by atoms with E-state index in [0.717, 1.165) is 52.6 Å². The quantitative estimate of drug-likeness (QED) is 0.412. The number of amides is 1. The summed E-state index contributed by atoms with van der Waals surface area (Å²) in [6, 6.07) is 8.74. The van der Waals surface area contributed by atoms with E-state index >= 15 is 0 Å². The van der Waals surface area contributed by atoms with Crippen molar-refractivity contribution in [1.82, 2.24) is 24.7 Å². The van der Waals surface area contributed by atoms with Gasteiger partial charge in [0, 0.05) is 41.6 Å². The number of carbonyl (C=O) groups excluding carboxylic acids is 1. The van der Waals surface area contributed by atoms with Crippen molar-refractivity contribution in [2.75, 3.05) is 5.32 Å². The highest BCUT2D eigenvalue weighted by molar-refractivity contribution is 5.89. The summed E-state index contributed by atoms with van der Waals surface area (Å²) in [6.45, 7) is 9.71. The third kappa shape index (κ3) is 5.06. The van der Waals surface area contributed by atoms with E-state index in [1.807, 2.05) is 46.2 Å². The SMILES string of the molecule is Cc1cc(-c2ccc3nc(N[C@@H]4CC[C@H](NC(=O)OC(C)(C)C)C4)nc(C)c3c2)c2nccn2c1. The molecule has 1 aromatic carbocycles. The van der Waals surface area contributed by atoms with Crippen LogP contribution in [0.1, 0.15) is 51.3 Å². The number of fused-ring (bicyclic) bond motifs is 2. The molecule has 0 aliphatic heterocycles. The molecule has 4 aromatic rings. The van der Waals surface area contributed by atoms with E-state index in [1.54, 1.807) is 0 Å². The maximum Gasteiger partial charge on any atom is 0.407 e. The van der Waals surface area contributed by atoms with Gasteiger partial charge in [0.2, 0.25) is 5.95 Å².